The van der Waals surface area contributed by atoms with Crippen LogP contribution in [-0.4, -0.2) is 5.08 Å². The molecule has 0 radical (unpaired) electrons. The molecule has 1 aromatic carbocycles. The molecule has 0 aromatic heterocycles. The molecule has 0 spiro atoms. The van der Waals surface area contributed by atoms with Crippen LogP contribution in [0.5, 0.6) is 0 Å². The lowest BCUT2D eigenvalue weighted by atomic mass is 10.1. The van der Waals surface area contributed by atoms with Crippen molar-refractivity contribution in [3.63, 3.8) is 0 Å². The van der Waals surface area contributed by atoms with Crippen LogP contribution in [0.4, 0.5) is 4.39 Å². The molecule has 2 heteroatoms. The number of benzene rings is 1. The molecule has 0 amide bonds. The molecule has 0 bridgehead atoms. The van der Waals surface area contributed by atoms with Crippen LogP contribution in [0.15, 0.2) is 24.3 Å². The Hall–Kier alpha value is -0.370. The summed E-state index contributed by atoms with van der Waals surface area (Å²) >= 11 is 2.88. The third-order valence-corrected chi connectivity index (χ3v) is 1.96. The first-order valence-corrected chi connectivity index (χ1v) is 4.44. The Balaban J connectivity index is 2.78. The van der Waals surface area contributed by atoms with E-state index in [4.69, 9.17) is 0 Å². The fourth-order valence-electron chi connectivity index (χ4n) is 1.01. The summed E-state index contributed by atoms with van der Waals surface area (Å²) in [5, 5.41) is -0.927. The molecule has 0 aliphatic rings. The maximum absolute atomic E-state index is 12.5. The van der Waals surface area contributed by atoms with Gasteiger partial charge >= 0.3 is 0 Å². The normalized spacial score (nSPS) is 13.0. The molecule has 0 saturated carbocycles. The first-order valence-electron chi connectivity index (χ1n) is 3.53. The highest BCUT2D eigenvalue weighted by atomic mass is 79.9. The van der Waals surface area contributed by atoms with E-state index in [1.807, 2.05) is 31.2 Å². The minimum Gasteiger partial charge on any atom is -0.235 e. The molecule has 0 saturated heterocycles. The predicted octanol–water partition coefficient (Wildman–Crippen LogP) is 3.23. The van der Waals surface area contributed by atoms with Gasteiger partial charge in [0.25, 0.3) is 0 Å². The molecule has 1 aromatic rings. The number of hydrogen-bond donors (Lipinski definition) is 0. The summed E-state index contributed by atoms with van der Waals surface area (Å²) in [6.07, 6.45) is 0.451. The SMILES string of the molecule is Cc1ccccc1CC(F)Br. The molecule has 1 rings (SSSR count). The van der Waals surface area contributed by atoms with Gasteiger partial charge < -0.3 is 0 Å². The molecule has 1 atom stereocenters. The molecule has 0 aliphatic carbocycles. The van der Waals surface area contributed by atoms with Crippen LogP contribution in [0.2, 0.25) is 0 Å². The van der Waals surface area contributed by atoms with Crippen molar-refractivity contribution in [2.24, 2.45) is 0 Å². The van der Waals surface area contributed by atoms with Crippen molar-refractivity contribution in [3.05, 3.63) is 35.4 Å². The lowest BCUT2D eigenvalue weighted by molar-refractivity contribution is 0.459. The number of hydrogen-bond acceptors (Lipinski definition) is 0. The summed E-state index contributed by atoms with van der Waals surface area (Å²) in [5.74, 6) is 0. The highest BCUT2D eigenvalue weighted by molar-refractivity contribution is 9.09. The Morgan fingerprint density at radius 2 is 2.09 bits per heavy atom. The minimum atomic E-state index is -0.927. The third-order valence-electron chi connectivity index (χ3n) is 1.64. The second-order valence-electron chi connectivity index (χ2n) is 2.52. The Morgan fingerprint density at radius 3 is 2.64 bits per heavy atom. The van der Waals surface area contributed by atoms with Gasteiger partial charge in [-0.2, -0.15) is 0 Å². The molecule has 0 heterocycles. The maximum Gasteiger partial charge on any atom is 0.158 e. The molecular formula is C9H10BrF. The maximum atomic E-state index is 12.5. The van der Waals surface area contributed by atoms with Gasteiger partial charge in [-0.15, -0.1) is 0 Å². The number of halogens is 2. The smallest absolute Gasteiger partial charge is 0.158 e. The van der Waals surface area contributed by atoms with Crippen molar-refractivity contribution in [2.45, 2.75) is 18.4 Å². The van der Waals surface area contributed by atoms with Crippen molar-refractivity contribution in [3.8, 4) is 0 Å². The molecule has 0 nitrogen and oxygen atoms in total. The average molecular weight is 217 g/mol. The van der Waals surface area contributed by atoms with Crippen molar-refractivity contribution in [2.75, 3.05) is 0 Å². The van der Waals surface area contributed by atoms with Gasteiger partial charge in [-0.1, -0.05) is 40.2 Å². The van der Waals surface area contributed by atoms with Crippen molar-refractivity contribution in [1.82, 2.24) is 0 Å². The van der Waals surface area contributed by atoms with Crippen LogP contribution in [0.25, 0.3) is 0 Å². The molecule has 0 fully saturated rings. The van der Waals surface area contributed by atoms with E-state index in [2.05, 4.69) is 15.9 Å². The van der Waals surface area contributed by atoms with E-state index in [9.17, 15) is 4.39 Å². The van der Waals surface area contributed by atoms with Gasteiger partial charge in [0.2, 0.25) is 0 Å². The van der Waals surface area contributed by atoms with E-state index in [0.29, 0.717) is 6.42 Å². The fourth-order valence-corrected chi connectivity index (χ4v) is 1.35. The molecule has 0 N–H and O–H groups in total. The summed E-state index contributed by atoms with van der Waals surface area (Å²) in [4.78, 5) is 0. The Kier molecular flexibility index (Phi) is 3.06. The first-order chi connectivity index (χ1) is 5.20. The summed E-state index contributed by atoms with van der Waals surface area (Å²) in [5.41, 5.74) is 2.21. The minimum absolute atomic E-state index is 0.451. The summed E-state index contributed by atoms with van der Waals surface area (Å²) < 4.78 is 12.5. The lowest BCUT2D eigenvalue weighted by Gasteiger charge is -2.03. The molecule has 11 heavy (non-hydrogen) atoms. The molecule has 1 unspecified atom stereocenters. The van der Waals surface area contributed by atoms with Crippen LogP contribution in [0, 0.1) is 6.92 Å². The zero-order chi connectivity index (χ0) is 8.27. The van der Waals surface area contributed by atoms with Crippen molar-refractivity contribution >= 4 is 15.9 Å². The van der Waals surface area contributed by atoms with Gasteiger partial charge in [0.05, 0.1) is 0 Å². The Morgan fingerprint density at radius 1 is 1.45 bits per heavy atom. The monoisotopic (exact) mass is 216 g/mol. The van der Waals surface area contributed by atoms with Gasteiger partial charge in [0.1, 0.15) is 0 Å². The third kappa shape index (κ3) is 2.62. The van der Waals surface area contributed by atoms with E-state index in [1.54, 1.807) is 0 Å². The Labute approximate surface area is 74.6 Å². The van der Waals surface area contributed by atoms with E-state index in [0.717, 1.165) is 11.1 Å². The zero-order valence-electron chi connectivity index (χ0n) is 6.35. The van der Waals surface area contributed by atoms with Crippen LogP contribution in [0.1, 0.15) is 11.1 Å². The quantitative estimate of drug-likeness (QED) is 0.667. The molecular weight excluding hydrogens is 207 g/mol. The average Bonchev–Trinajstić information content (AvgIpc) is 1.93. The highest BCUT2D eigenvalue weighted by Gasteiger charge is 2.03. The molecule has 60 valence electrons. The van der Waals surface area contributed by atoms with Gasteiger partial charge in [0.15, 0.2) is 5.08 Å². The summed E-state index contributed by atoms with van der Waals surface area (Å²) in [7, 11) is 0. The highest BCUT2D eigenvalue weighted by Crippen LogP contribution is 2.14. The van der Waals surface area contributed by atoms with E-state index >= 15 is 0 Å². The van der Waals surface area contributed by atoms with Crippen molar-refractivity contribution in [1.29, 1.82) is 0 Å². The fraction of sp³-hybridized carbons (Fsp3) is 0.333. The predicted molar refractivity (Wildman–Crippen MR) is 48.7 cm³/mol. The van der Waals surface area contributed by atoms with Gasteiger partial charge in [-0.05, 0) is 18.1 Å². The number of rotatable bonds is 2. The lowest BCUT2D eigenvalue weighted by Crippen LogP contribution is -1.96. The second-order valence-corrected chi connectivity index (χ2v) is 3.52. The Bertz CT molecular complexity index is 233. The summed E-state index contributed by atoms with van der Waals surface area (Å²) in [6, 6.07) is 7.83. The second kappa shape index (κ2) is 3.86. The number of alkyl halides is 2. The van der Waals surface area contributed by atoms with Gasteiger partial charge in [-0.3, -0.25) is 0 Å². The van der Waals surface area contributed by atoms with Gasteiger partial charge in [-0.25, -0.2) is 4.39 Å². The van der Waals surface area contributed by atoms with Gasteiger partial charge in [0, 0.05) is 6.42 Å². The van der Waals surface area contributed by atoms with E-state index < -0.39 is 5.08 Å². The van der Waals surface area contributed by atoms with E-state index in [-0.39, 0.29) is 0 Å². The van der Waals surface area contributed by atoms with Crippen LogP contribution in [-0.2, 0) is 6.42 Å². The first kappa shape index (κ1) is 8.72. The largest absolute Gasteiger partial charge is 0.235 e. The van der Waals surface area contributed by atoms with Crippen LogP contribution < -0.4 is 0 Å². The molecule has 0 aliphatic heterocycles. The van der Waals surface area contributed by atoms with Crippen molar-refractivity contribution < 1.29 is 4.39 Å². The van der Waals surface area contributed by atoms with Crippen LogP contribution >= 0.6 is 15.9 Å². The van der Waals surface area contributed by atoms with Crippen LogP contribution in [0.3, 0.4) is 0 Å². The van der Waals surface area contributed by atoms with E-state index in [1.165, 1.54) is 0 Å². The zero-order valence-corrected chi connectivity index (χ0v) is 7.94. The summed E-state index contributed by atoms with van der Waals surface area (Å²) in [6.45, 7) is 1.99. The number of aryl methyl sites for hydroxylation is 1. The topological polar surface area (TPSA) is 0 Å². The standard InChI is InChI=1S/C9H10BrF/c1-7-4-2-3-5-8(7)6-9(10)11/h2-5,9H,6H2,1H3.